The van der Waals surface area contributed by atoms with Gasteiger partial charge >= 0.3 is 0 Å². The lowest BCUT2D eigenvalue weighted by molar-refractivity contribution is 0.317. The van der Waals surface area contributed by atoms with Gasteiger partial charge in [-0.05, 0) is 50.3 Å². The Hall–Kier alpha value is -1.22. The van der Waals surface area contributed by atoms with Gasteiger partial charge in [0.2, 0.25) is 0 Å². The number of aryl methyl sites for hydroxylation is 1. The highest BCUT2D eigenvalue weighted by Crippen LogP contribution is 2.37. The molecule has 1 fully saturated rings. The lowest BCUT2D eigenvalue weighted by atomic mass is 10.0. The lowest BCUT2D eigenvalue weighted by Crippen LogP contribution is -2.22. The molecule has 16 heavy (non-hydrogen) atoms. The molecule has 1 aliphatic carbocycles. The van der Waals surface area contributed by atoms with Crippen molar-refractivity contribution in [3.05, 3.63) is 23.8 Å². The number of phenolic OH excluding ortho intramolecular Hbond substituents is 1. The molecule has 1 aromatic carbocycles. The van der Waals surface area contributed by atoms with Crippen LogP contribution in [0.1, 0.15) is 31.7 Å². The summed E-state index contributed by atoms with van der Waals surface area (Å²) in [6, 6.07) is 5.53. The van der Waals surface area contributed by atoms with E-state index >= 15 is 0 Å². The van der Waals surface area contributed by atoms with Crippen LogP contribution in [0.5, 0.6) is 11.5 Å². The van der Waals surface area contributed by atoms with E-state index in [1.807, 2.05) is 19.1 Å². The van der Waals surface area contributed by atoms with E-state index in [0.717, 1.165) is 25.7 Å². The summed E-state index contributed by atoms with van der Waals surface area (Å²) in [6.07, 6.45) is 4.26. The van der Waals surface area contributed by atoms with Crippen LogP contribution in [0.25, 0.3) is 0 Å². The van der Waals surface area contributed by atoms with E-state index in [1.54, 1.807) is 6.07 Å². The first-order valence-electron chi connectivity index (χ1n) is 5.86. The fraction of sp³-hybridized carbons (Fsp3) is 0.538. The third-order valence-corrected chi connectivity index (χ3v) is 3.13. The second-order valence-electron chi connectivity index (χ2n) is 4.60. The van der Waals surface area contributed by atoms with Crippen LogP contribution in [-0.4, -0.2) is 17.3 Å². The van der Waals surface area contributed by atoms with Gasteiger partial charge in [-0.2, -0.15) is 0 Å². The summed E-state index contributed by atoms with van der Waals surface area (Å²) in [4.78, 5) is 0. The van der Waals surface area contributed by atoms with Crippen molar-refractivity contribution in [3.63, 3.8) is 0 Å². The van der Waals surface area contributed by atoms with Gasteiger partial charge in [0.15, 0.2) is 11.5 Å². The van der Waals surface area contributed by atoms with E-state index in [2.05, 4.69) is 0 Å². The van der Waals surface area contributed by atoms with Crippen LogP contribution in [0.2, 0.25) is 0 Å². The Morgan fingerprint density at radius 2 is 2.19 bits per heavy atom. The van der Waals surface area contributed by atoms with Crippen LogP contribution in [0, 0.1) is 0 Å². The van der Waals surface area contributed by atoms with Crippen LogP contribution in [0.3, 0.4) is 0 Å². The Balaban J connectivity index is 2.00. The molecule has 3 nitrogen and oxygen atoms in total. The number of hydrogen-bond donors (Lipinski definition) is 2. The molecule has 0 radical (unpaired) electrons. The zero-order chi connectivity index (χ0) is 11.6. The van der Waals surface area contributed by atoms with Gasteiger partial charge in [-0.3, -0.25) is 0 Å². The zero-order valence-corrected chi connectivity index (χ0v) is 9.70. The molecule has 0 amide bonds. The minimum absolute atomic E-state index is 0.0870. The van der Waals surface area contributed by atoms with Crippen LogP contribution in [-0.2, 0) is 6.42 Å². The van der Waals surface area contributed by atoms with Crippen molar-refractivity contribution >= 4 is 0 Å². The van der Waals surface area contributed by atoms with Gasteiger partial charge in [0.25, 0.3) is 0 Å². The fourth-order valence-electron chi connectivity index (χ4n) is 1.79. The van der Waals surface area contributed by atoms with E-state index < -0.39 is 0 Å². The largest absolute Gasteiger partial charge is 0.504 e. The quantitative estimate of drug-likeness (QED) is 0.801. The summed E-state index contributed by atoms with van der Waals surface area (Å²) in [7, 11) is 0. The van der Waals surface area contributed by atoms with Gasteiger partial charge in [0.1, 0.15) is 0 Å². The molecule has 0 atom stereocenters. The van der Waals surface area contributed by atoms with E-state index in [4.69, 9.17) is 10.5 Å². The third-order valence-electron chi connectivity index (χ3n) is 3.13. The molecular weight excluding hydrogens is 202 g/mol. The first-order chi connectivity index (χ1) is 7.63. The monoisotopic (exact) mass is 221 g/mol. The highest BCUT2D eigenvalue weighted by Gasteiger charge is 2.37. The number of benzene rings is 1. The van der Waals surface area contributed by atoms with Crippen LogP contribution < -0.4 is 10.5 Å². The van der Waals surface area contributed by atoms with Gasteiger partial charge in [-0.1, -0.05) is 6.07 Å². The molecule has 0 heterocycles. The lowest BCUT2D eigenvalue weighted by Gasteiger charge is -2.10. The molecule has 3 N–H and O–H groups in total. The van der Waals surface area contributed by atoms with Gasteiger partial charge in [-0.15, -0.1) is 0 Å². The van der Waals surface area contributed by atoms with E-state index in [0.29, 0.717) is 12.4 Å². The molecule has 3 heteroatoms. The molecule has 0 unspecified atom stereocenters. The predicted octanol–water partition coefficient (Wildman–Crippen LogP) is 2.21. The minimum atomic E-state index is 0.0870. The number of phenols is 1. The summed E-state index contributed by atoms with van der Waals surface area (Å²) in [5, 5.41) is 9.56. The van der Waals surface area contributed by atoms with E-state index in [-0.39, 0.29) is 11.3 Å². The third kappa shape index (κ3) is 2.67. The van der Waals surface area contributed by atoms with Crippen LogP contribution >= 0.6 is 0 Å². The first kappa shape index (κ1) is 11.3. The molecule has 1 aliphatic rings. The van der Waals surface area contributed by atoms with Crippen molar-refractivity contribution in [2.75, 3.05) is 6.61 Å². The van der Waals surface area contributed by atoms with Crippen molar-refractivity contribution in [2.45, 2.75) is 38.1 Å². The maximum Gasteiger partial charge on any atom is 0.161 e. The average Bonchev–Trinajstić information content (AvgIpc) is 2.99. The highest BCUT2D eigenvalue weighted by atomic mass is 16.5. The maximum absolute atomic E-state index is 9.56. The standard InChI is InChI=1S/C13H19NO2/c1-2-16-12-9-10(3-4-11(12)15)5-6-13(14)7-8-13/h3-4,9,15H,2,5-8,14H2,1H3. The summed E-state index contributed by atoms with van der Waals surface area (Å²) < 4.78 is 5.34. The Labute approximate surface area is 96.2 Å². The Morgan fingerprint density at radius 3 is 2.81 bits per heavy atom. The van der Waals surface area contributed by atoms with E-state index in [9.17, 15) is 5.11 Å². The summed E-state index contributed by atoms with van der Waals surface area (Å²) in [5.74, 6) is 0.779. The number of rotatable bonds is 5. The summed E-state index contributed by atoms with van der Waals surface area (Å²) in [6.45, 7) is 2.48. The smallest absolute Gasteiger partial charge is 0.161 e. The van der Waals surface area contributed by atoms with Crippen molar-refractivity contribution < 1.29 is 9.84 Å². The minimum Gasteiger partial charge on any atom is -0.504 e. The Bertz CT molecular complexity index is 372. The van der Waals surface area contributed by atoms with Gasteiger partial charge in [-0.25, -0.2) is 0 Å². The molecule has 88 valence electrons. The highest BCUT2D eigenvalue weighted by molar-refractivity contribution is 5.41. The SMILES string of the molecule is CCOc1cc(CCC2(N)CC2)ccc1O. The zero-order valence-electron chi connectivity index (χ0n) is 9.70. The van der Waals surface area contributed by atoms with Crippen molar-refractivity contribution in [1.82, 2.24) is 0 Å². The number of ether oxygens (including phenoxy) is 1. The normalized spacial score (nSPS) is 17.1. The predicted molar refractivity (Wildman–Crippen MR) is 63.7 cm³/mol. The van der Waals surface area contributed by atoms with Crippen molar-refractivity contribution in [2.24, 2.45) is 5.73 Å². The molecule has 1 saturated carbocycles. The first-order valence-corrected chi connectivity index (χ1v) is 5.86. The molecule has 2 rings (SSSR count). The molecule has 0 spiro atoms. The van der Waals surface area contributed by atoms with Crippen molar-refractivity contribution in [3.8, 4) is 11.5 Å². The second-order valence-corrected chi connectivity index (χ2v) is 4.60. The number of hydrogen-bond acceptors (Lipinski definition) is 3. The molecule has 0 aliphatic heterocycles. The molecular formula is C13H19NO2. The van der Waals surface area contributed by atoms with Gasteiger partial charge < -0.3 is 15.6 Å². The molecule has 0 saturated heterocycles. The van der Waals surface area contributed by atoms with Gasteiger partial charge in [0, 0.05) is 5.54 Å². The topological polar surface area (TPSA) is 55.5 Å². The van der Waals surface area contributed by atoms with Crippen LogP contribution in [0.4, 0.5) is 0 Å². The molecule has 0 bridgehead atoms. The van der Waals surface area contributed by atoms with Crippen LogP contribution in [0.15, 0.2) is 18.2 Å². The maximum atomic E-state index is 9.56. The Kier molecular flexibility index (Phi) is 3.06. The summed E-state index contributed by atoms with van der Waals surface area (Å²) in [5.41, 5.74) is 7.31. The average molecular weight is 221 g/mol. The summed E-state index contributed by atoms with van der Waals surface area (Å²) >= 11 is 0. The molecule has 1 aromatic rings. The number of nitrogens with two attached hydrogens (primary N) is 1. The Morgan fingerprint density at radius 1 is 1.44 bits per heavy atom. The number of aromatic hydroxyl groups is 1. The molecule has 0 aromatic heterocycles. The van der Waals surface area contributed by atoms with E-state index in [1.165, 1.54) is 5.56 Å². The second kappa shape index (κ2) is 4.34. The van der Waals surface area contributed by atoms with Gasteiger partial charge in [0.05, 0.1) is 6.61 Å². The van der Waals surface area contributed by atoms with Crippen molar-refractivity contribution in [1.29, 1.82) is 0 Å². The fourth-order valence-corrected chi connectivity index (χ4v) is 1.79.